The van der Waals surface area contributed by atoms with Gasteiger partial charge in [-0.15, -0.1) is 0 Å². The van der Waals surface area contributed by atoms with Gasteiger partial charge >= 0.3 is 0 Å². The normalized spacial score (nSPS) is 11.0. The Bertz CT molecular complexity index is 801. The Labute approximate surface area is 137 Å². The smallest absolute Gasteiger partial charge is 0.166 e. The highest BCUT2D eigenvalue weighted by atomic mass is 35.5. The molecule has 0 N–H and O–H groups in total. The fourth-order valence-corrected chi connectivity index (χ4v) is 3.27. The summed E-state index contributed by atoms with van der Waals surface area (Å²) in [7, 11) is -1.81. The minimum atomic E-state index is -1.81. The summed E-state index contributed by atoms with van der Waals surface area (Å²) in [6, 6.07) is 5.46. The Morgan fingerprint density at radius 1 is 1.24 bits per heavy atom. The lowest BCUT2D eigenvalue weighted by atomic mass is 10.3. The van der Waals surface area contributed by atoms with E-state index in [0.29, 0.717) is 20.9 Å². The first-order chi connectivity index (χ1) is 9.91. The number of hydrogen-bond donors (Lipinski definition) is 0. The van der Waals surface area contributed by atoms with Crippen LogP contribution in [0.3, 0.4) is 0 Å². The maximum absolute atomic E-state index is 10.9. The number of hydrogen-bond acceptors (Lipinski definition) is 5. The molecule has 1 heterocycles. The van der Waals surface area contributed by atoms with Gasteiger partial charge in [-0.2, -0.15) is 0 Å². The van der Waals surface area contributed by atoms with Crippen LogP contribution >= 0.6 is 35.0 Å². The standard InChI is InChI=1S/C13H11Cl2N3OS2/c1-21(2,8-19)18-9-4-3-5-10(13(9)15)20-12-7-16-11(14)6-17-12/h3-7H,1-2H3. The molecule has 0 bridgehead atoms. The van der Waals surface area contributed by atoms with Crippen molar-refractivity contribution in [3.63, 3.8) is 0 Å². The number of benzene rings is 1. The van der Waals surface area contributed by atoms with Crippen LogP contribution in [0.4, 0.5) is 5.69 Å². The third-order valence-corrected chi connectivity index (χ3v) is 5.03. The first-order valence-corrected chi connectivity index (χ1v) is 9.68. The van der Waals surface area contributed by atoms with Crippen molar-refractivity contribution >= 4 is 55.3 Å². The number of aromatic nitrogens is 2. The lowest BCUT2D eigenvalue weighted by Crippen LogP contribution is -1.91. The highest BCUT2D eigenvalue weighted by molar-refractivity contribution is 8.01. The van der Waals surface area contributed by atoms with Crippen molar-refractivity contribution in [1.82, 2.24) is 9.97 Å². The van der Waals surface area contributed by atoms with Gasteiger partial charge in [0, 0.05) is 4.90 Å². The highest BCUT2D eigenvalue weighted by Gasteiger charge is 2.09. The van der Waals surface area contributed by atoms with Crippen LogP contribution in [0.5, 0.6) is 0 Å². The van der Waals surface area contributed by atoms with Crippen LogP contribution in [-0.4, -0.2) is 27.7 Å². The van der Waals surface area contributed by atoms with E-state index in [1.165, 1.54) is 18.0 Å². The zero-order valence-electron chi connectivity index (χ0n) is 11.2. The zero-order valence-corrected chi connectivity index (χ0v) is 14.4. The third-order valence-electron chi connectivity index (χ3n) is 2.28. The summed E-state index contributed by atoms with van der Waals surface area (Å²) in [5.74, 6) is 0. The molecule has 0 saturated heterocycles. The molecular formula is C13H11Cl2N3OS2. The molecule has 0 amide bonds. The summed E-state index contributed by atoms with van der Waals surface area (Å²) in [6.45, 7) is 0. The molecule has 0 aliphatic carbocycles. The van der Waals surface area contributed by atoms with E-state index in [0.717, 1.165) is 4.90 Å². The summed E-state index contributed by atoms with van der Waals surface area (Å²) in [6.07, 6.45) is 6.55. The minimum Gasteiger partial charge on any atom is -0.245 e. The summed E-state index contributed by atoms with van der Waals surface area (Å²) in [5, 5.41) is 3.45. The maximum atomic E-state index is 10.9. The second kappa shape index (κ2) is 6.81. The molecule has 0 atom stereocenters. The van der Waals surface area contributed by atoms with E-state index in [1.807, 2.05) is 17.4 Å². The van der Waals surface area contributed by atoms with Gasteiger partial charge in [-0.3, -0.25) is 0 Å². The lowest BCUT2D eigenvalue weighted by molar-refractivity contribution is 0.571. The van der Waals surface area contributed by atoms with E-state index in [2.05, 4.69) is 14.3 Å². The Morgan fingerprint density at radius 3 is 2.62 bits per heavy atom. The van der Waals surface area contributed by atoms with Crippen molar-refractivity contribution in [2.24, 2.45) is 4.36 Å². The van der Waals surface area contributed by atoms with E-state index in [-0.39, 0.29) is 0 Å². The molecule has 2 aromatic rings. The SMILES string of the molecule is CS(C)(=C=O)=Nc1cccc(Sc2cnc(Cl)cn2)c1Cl. The van der Waals surface area contributed by atoms with Gasteiger partial charge in [0.15, 0.2) is 5.23 Å². The first-order valence-electron chi connectivity index (χ1n) is 5.70. The van der Waals surface area contributed by atoms with Gasteiger partial charge in [0.1, 0.15) is 10.2 Å². The molecule has 21 heavy (non-hydrogen) atoms. The molecule has 0 unspecified atom stereocenters. The second-order valence-electron chi connectivity index (χ2n) is 4.32. The largest absolute Gasteiger partial charge is 0.245 e. The van der Waals surface area contributed by atoms with Crippen LogP contribution < -0.4 is 0 Å². The summed E-state index contributed by atoms with van der Waals surface area (Å²) >= 11 is 13.4. The van der Waals surface area contributed by atoms with Crippen LogP contribution in [0.15, 0.2) is 44.9 Å². The van der Waals surface area contributed by atoms with Gasteiger partial charge in [-0.25, -0.2) is 19.1 Å². The summed E-state index contributed by atoms with van der Waals surface area (Å²) < 4.78 is 4.38. The van der Waals surface area contributed by atoms with Crippen LogP contribution in [0, 0.1) is 0 Å². The van der Waals surface area contributed by atoms with Gasteiger partial charge in [-0.1, -0.05) is 50.4 Å². The highest BCUT2D eigenvalue weighted by Crippen LogP contribution is 2.38. The molecule has 0 saturated carbocycles. The second-order valence-corrected chi connectivity index (χ2v) is 9.04. The molecule has 4 nitrogen and oxygen atoms in total. The maximum Gasteiger partial charge on any atom is 0.166 e. The van der Waals surface area contributed by atoms with Crippen molar-refractivity contribution in [2.45, 2.75) is 9.92 Å². The molecule has 8 heteroatoms. The van der Waals surface area contributed by atoms with Crippen molar-refractivity contribution < 1.29 is 4.79 Å². The number of halogens is 2. The topological polar surface area (TPSA) is 55.2 Å². The zero-order chi connectivity index (χ0) is 15.5. The lowest BCUT2D eigenvalue weighted by Gasteiger charge is -2.07. The van der Waals surface area contributed by atoms with E-state index in [9.17, 15) is 4.79 Å². The van der Waals surface area contributed by atoms with Crippen molar-refractivity contribution in [3.05, 3.63) is 40.8 Å². The molecule has 1 aromatic heterocycles. The van der Waals surface area contributed by atoms with E-state index in [1.54, 1.807) is 24.8 Å². The Morgan fingerprint density at radius 2 is 2.00 bits per heavy atom. The predicted molar refractivity (Wildman–Crippen MR) is 89.6 cm³/mol. The molecule has 0 fully saturated rings. The van der Waals surface area contributed by atoms with E-state index >= 15 is 0 Å². The summed E-state index contributed by atoms with van der Waals surface area (Å²) in [5.41, 5.74) is 0.576. The molecule has 0 aliphatic heterocycles. The van der Waals surface area contributed by atoms with Crippen LogP contribution in [0.25, 0.3) is 0 Å². The molecule has 0 spiro atoms. The molecule has 1 aromatic carbocycles. The van der Waals surface area contributed by atoms with Crippen LogP contribution in [-0.2, 0) is 14.2 Å². The molecular weight excluding hydrogens is 349 g/mol. The van der Waals surface area contributed by atoms with E-state index in [4.69, 9.17) is 23.2 Å². The molecule has 0 radical (unpaired) electrons. The van der Waals surface area contributed by atoms with Crippen molar-refractivity contribution in [3.8, 4) is 0 Å². The number of rotatable bonds is 3. The quantitative estimate of drug-likeness (QED) is 0.769. The fraction of sp³-hybridized carbons (Fsp3) is 0.154. The Balaban J connectivity index is 2.41. The summed E-state index contributed by atoms with van der Waals surface area (Å²) in [4.78, 5) is 19.8. The van der Waals surface area contributed by atoms with Gasteiger partial charge in [0.05, 0.1) is 23.1 Å². The van der Waals surface area contributed by atoms with Gasteiger partial charge in [0.2, 0.25) is 0 Å². The third kappa shape index (κ3) is 4.46. The first kappa shape index (κ1) is 16.3. The Kier molecular flexibility index (Phi) is 5.30. The van der Waals surface area contributed by atoms with Crippen LogP contribution in [0.1, 0.15) is 0 Å². The van der Waals surface area contributed by atoms with Gasteiger partial charge < -0.3 is 0 Å². The fourth-order valence-electron chi connectivity index (χ4n) is 1.38. The van der Waals surface area contributed by atoms with Crippen molar-refractivity contribution in [2.75, 3.05) is 12.5 Å². The van der Waals surface area contributed by atoms with Gasteiger partial charge in [0.25, 0.3) is 0 Å². The van der Waals surface area contributed by atoms with Crippen LogP contribution in [0.2, 0.25) is 10.2 Å². The van der Waals surface area contributed by atoms with Gasteiger partial charge in [-0.05, 0) is 24.6 Å². The Hall–Kier alpha value is -1.04. The monoisotopic (exact) mass is 359 g/mol. The minimum absolute atomic E-state index is 0.334. The number of carbonyl (C=O) groups excluding carboxylic acids is 1. The molecule has 110 valence electrons. The molecule has 0 aliphatic rings. The number of nitrogens with zero attached hydrogens (tertiary/aromatic N) is 3. The average Bonchev–Trinajstić information content (AvgIpc) is 2.45. The van der Waals surface area contributed by atoms with Crippen molar-refractivity contribution in [1.29, 1.82) is 0 Å². The average molecular weight is 360 g/mol. The van der Waals surface area contributed by atoms with E-state index < -0.39 is 9.41 Å². The molecule has 2 rings (SSSR count). The predicted octanol–water partition coefficient (Wildman–Crippen LogP) is 4.23.